The Morgan fingerprint density at radius 3 is 1.77 bits per heavy atom. The van der Waals surface area contributed by atoms with Crippen LogP contribution in [0.25, 0.3) is 10.9 Å². The first-order valence-corrected chi connectivity index (χ1v) is 24.5. The van der Waals surface area contributed by atoms with Gasteiger partial charge in [0.05, 0.1) is 48.5 Å². The third kappa shape index (κ3) is 10.0. The molecule has 1 aliphatic heterocycles. The molecule has 2 heterocycles. The highest BCUT2D eigenvalue weighted by atomic mass is 32.2. The summed E-state index contributed by atoms with van der Waals surface area (Å²) in [6, 6.07) is 57.6. The Hall–Kier alpha value is -5.17. The van der Waals surface area contributed by atoms with E-state index in [-0.39, 0.29) is 18.1 Å². The van der Waals surface area contributed by atoms with Crippen molar-refractivity contribution in [3.8, 4) is 0 Å². The molecule has 0 N–H and O–H groups in total. The Labute approximate surface area is 367 Å². The highest BCUT2D eigenvalue weighted by molar-refractivity contribution is 7.90. The van der Waals surface area contributed by atoms with E-state index in [1.54, 1.807) is 30.5 Å². The maximum absolute atomic E-state index is 14.1. The van der Waals surface area contributed by atoms with E-state index in [9.17, 15) is 8.42 Å². The van der Waals surface area contributed by atoms with E-state index in [4.69, 9.17) is 23.7 Å². The van der Waals surface area contributed by atoms with Crippen LogP contribution in [0.5, 0.6) is 0 Å². The van der Waals surface area contributed by atoms with Gasteiger partial charge in [-0.3, -0.25) is 0 Å². The number of para-hydroxylation sites is 1. The number of hydrogen-bond donors (Lipinski definition) is 0. The number of nitrogens with zero attached hydrogens (tertiary/aromatic N) is 1. The first-order chi connectivity index (χ1) is 30.1. The lowest BCUT2D eigenvalue weighted by molar-refractivity contribution is -0.319. The summed E-state index contributed by atoms with van der Waals surface area (Å²) < 4.78 is 65.2. The Morgan fingerprint density at radius 1 is 0.677 bits per heavy atom. The number of hydrogen-bond acceptors (Lipinski definition) is 7. The third-order valence-corrected chi connectivity index (χ3v) is 16.6. The van der Waals surface area contributed by atoms with Gasteiger partial charge in [0.2, 0.25) is 0 Å². The lowest BCUT2D eigenvalue weighted by Crippen LogP contribution is -2.73. The molecular formula is C52H55NO7SSi. The van der Waals surface area contributed by atoms with Crippen LogP contribution in [-0.2, 0) is 53.3 Å². The van der Waals surface area contributed by atoms with Gasteiger partial charge < -0.3 is 23.7 Å². The van der Waals surface area contributed by atoms with Crippen LogP contribution >= 0.6 is 0 Å². The molecule has 0 aliphatic carbocycles. The first kappa shape index (κ1) is 43.5. The molecule has 0 spiro atoms. The van der Waals surface area contributed by atoms with Gasteiger partial charge in [-0.2, -0.15) is 0 Å². The minimum Gasteiger partial charge on any atom is -0.373 e. The fourth-order valence-electron chi connectivity index (χ4n) is 8.35. The molecule has 0 radical (unpaired) electrons. The zero-order valence-electron chi connectivity index (χ0n) is 35.6. The molecule has 62 heavy (non-hydrogen) atoms. The molecule has 6 aromatic carbocycles. The molecule has 0 amide bonds. The monoisotopic (exact) mass is 865 g/mol. The first-order valence-electron chi connectivity index (χ1n) is 21.4. The number of aromatic nitrogens is 1. The fourth-order valence-corrected chi connectivity index (χ4v) is 13.5. The van der Waals surface area contributed by atoms with Crippen molar-refractivity contribution in [2.75, 3.05) is 13.2 Å². The van der Waals surface area contributed by atoms with Gasteiger partial charge >= 0.3 is 0 Å². The maximum atomic E-state index is 14.1. The summed E-state index contributed by atoms with van der Waals surface area (Å²) in [6.07, 6.45) is 1.15. The van der Waals surface area contributed by atoms with E-state index in [2.05, 4.69) is 72.8 Å². The lowest BCUT2D eigenvalue weighted by Gasteiger charge is -2.52. The van der Waals surface area contributed by atoms with Crippen molar-refractivity contribution in [1.82, 2.24) is 3.97 Å². The second kappa shape index (κ2) is 19.5. The van der Waals surface area contributed by atoms with Crippen LogP contribution in [0.4, 0.5) is 0 Å². The predicted molar refractivity (Wildman–Crippen MR) is 248 cm³/mol. The Bertz CT molecular complexity index is 2550. The van der Waals surface area contributed by atoms with Gasteiger partial charge in [-0.25, -0.2) is 12.4 Å². The molecule has 0 bridgehead atoms. The van der Waals surface area contributed by atoms with Crippen LogP contribution in [0.15, 0.2) is 187 Å². The largest absolute Gasteiger partial charge is 0.373 e. The van der Waals surface area contributed by atoms with Gasteiger partial charge in [0.15, 0.2) is 14.2 Å². The lowest BCUT2D eigenvalue weighted by atomic mass is 10.0. The molecule has 0 saturated carbocycles. The summed E-state index contributed by atoms with van der Waals surface area (Å²) >= 11 is 0. The summed E-state index contributed by atoms with van der Waals surface area (Å²) in [4.78, 5) is 0.226. The van der Waals surface area contributed by atoms with Crippen LogP contribution in [0.3, 0.4) is 0 Å². The van der Waals surface area contributed by atoms with Crippen LogP contribution in [-0.4, -0.2) is 63.7 Å². The van der Waals surface area contributed by atoms with E-state index < -0.39 is 48.1 Å². The number of benzene rings is 6. The molecule has 8 nitrogen and oxygen atoms in total. The van der Waals surface area contributed by atoms with Crippen molar-refractivity contribution in [2.45, 2.75) is 81.0 Å². The van der Waals surface area contributed by atoms with Crippen LogP contribution < -0.4 is 10.4 Å². The van der Waals surface area contributed by atoms with Crippen LogP contribution in [0, 0.1) is 0 Å². The quantitative estimate of drug-likeness (QED) is 0.0850. The molecule has 10 heteroatoms. The van der Waals surface area contributed by atoms with E-state index in [1.165, 1.54) is 3.97 Å². The minimum absolute atomic E-state index is 0.218. The van der Waals surface area contributed by atoms with Gasteiger partial charge in [0, 0.05) is 18.0 Å². The normalized spacial score (nSPS) is 19.5. The number of fused-ring (bicyclic) bond motifs is 1. The zero-order valence-corrected chi connectivity index (χ0v) is 37.6. The molecule has 4 atom stereocenters. The van der Waals surface area contributed by atoms with E-state index in [0.717, 1.165) is 32.5 Å². The van der Waals surface area contributed by atoms with Gasteiger partial charge in [-0.1, -0.05) is 168 Å². The fraction of sp³-hybridized carbons (Fsp3) is 0.269. The predicted octanol–water partition coefficient (Wildman–Crippen LogP) is 8.49. The summed E-state index contributed by atoms with van der Waals surface area (Å²) in [5.41, 5.74) is 1.84. The average molecular weight is 866 g/mol. The topological polar surface area (TPSA) is 85.2 Å². The minimum atomic E-state index is -3.88. The molecule has 1 aliphatic rings. The number of ether oxygens (including phenoxy) is 5. The summed E-state index contributed by atoms with van der Waals surface area (Å²) in [7, 11) is -6.46. The van der Waals surface area contributed by atoms with Crippen molar-refractivity contribution in [1.29, 1.82) is 0 Å². The molecular weight excluding hydrogens is 811 g/mol. The van der Waals surface area contributed by atoms with E-state index in [0.29, 0.717) is 31.6 Å². The molecule has 1 fully saturated rings. The highest BCUT2D eigenvalue weighted by Gasteiger charge is 2.57. The SMILES string of the molecule is CC(C)(C)OC[C@H]1O[C@@](OCCc2cn(S(=O)(=O)c3ccccc3)c3ccccc23)([SiH](c2ccccc2)c2ccccc2)[C@H](OCc2ccccc2)C[C@H]1OCc1ccccc1. The Balaban J connectivity index is 1.23. The second-order valence-electron chi connectivity index (χ2n) is 16.8. The van der Waals surface area contributed by atoms with Crippen molar-refractivity contribution in [2.24, 2.45) is 0 Å². The Kier molecular flexibility index (Phi) is 13.7. The van der Waals surface area contributed by atoms with Gasteiger partial charge in [0.25, 0.3) is 10.0 Å². The van der Waals surface area contributed by atoms with Crippen LogP contribution in [0.1, 0.15) is 43.9 Å². The highest BCUT2D eigenvalue weighted by Crippen LogP contribution is 2.39. The standard InChI is InChI=1S/C52H55NO7SSi/c1-51(2,3)59-39-49-48(56-37-40-21-9-4-10-22-40)35-50(57-38-41-23-11-5-12-24-41)52(60-49,62(44-27-15-7-16-28-44)45-29-17-8-18-30-45)58-34-33-42-36-53(47-32-20-19-31-46(42)47)61(54,55)43-25-13-6-14-26-43/h4-32,36,48-50,62H,33-35,37-39H2,1-3H3/t48-,49-,50-,52-/m1/s1. The summed E-state index contributed by atoms with van der Waals surface area (Å²) in [5, 5.41) is 3.12. The van der Waals surface area contributed by atoms with Crippen molar-refractivity contribution < 1.29 is 32.1 Å². The van der Waals surface area contributed by atoms with Gasteiger partial charge in [0.1, 0.15) is 12.2 Å². The third-order valence-electron chi connectivity index (χ3n) is 11.4. The van der Waals surface area contributed by atoms with Gasteiger partial charge in [-0.05, 0) is 62.1 Å². The summed E-state index contributed by atoms with van der Waals surface area (Å²) in [6.45, 7) is 7.37. The Morgan fingerprint density at radius 2 is 1.19 bits per heavy atom. The van der Waals surface area contributed by atoms with Crippen molar-refractivity contribution >= 4 is 40.1 Å². The van der Waals surface area contributed by atoms with Crippen molar-refractivity contribution in [3.63, 3.8) is 0 Å². The van der Waals surface area contributed by atoms with Gasteiger partial charge in [-0.15, -0.1) is 0 Å². The average Bonchev–Trinajstić information content (AvgIpc) is 3.68. The van der Waals surface area contributed by atoms with E-state index >= 15 is 0 Å². The molecule has 8 rings (SSSR count). The molecule has 7 aromatic rings. The smallest absolute Gasteiger partial charge is 0.268 e. The second-order valence-corrected chi connectivity index (χ2v) is 21.6. The molecule has 1 aromatic heterocycles. The number of rotatable bonds is 17. The van der Waals surface area contributed by atoms with E-state index in [1.807, 2.05) is 99.6 Å². The summed E-state index contributed by atoms with van der Waals surface area (Å²) in [5.74, 6) is 0. The van der Waals surface area contributed by atoms with Crippen molar-refractivity contribution in [3.05, 3.63) is 199 Å². The molecule has 0 unspecified atom stereocenters. The maximum Gasteiger partial charge on any atom is 0.268 e. The zero-order chi connectivity index (χ0) is 43.0. The molecule has 320 valence electrons. The molecule has 1 saturated heterocycles. The van der Waals surface area contributed by atoms with Crippen LogP contribution in [0.2, 0.25) is 0 Å².